The minimum Gasteiger partial charge on any atom is -0.480 e. The number of carbonyl (C=O) groups excluding carboxylic acids is 3. The lowest BCUT2D eigenvalue weighted by Gasteiger charge is -2.54. The number of amides is 2. The van der Waals surface area contributed by atoms with Crippen LogP contribution in [0.3, 0.4) is 0 Å². The van der Waals surface area contributed by atoms with Crippen LogP contribution in [0.5, 0.6) is 0 Å². The molecule has 14 nitrogen and oxygen atoms in total. The summed E-state index contributed by atoms with van der Waals surface area (Å²) in [5.74, 6) is -0.453. The van der Waals surface area contributed by atoms with Crippen molar-refractivity contribution in [3.63, 3.8) is 0 Å². The highest BCUT2D eigenvalue weighted by atomic mass is 35.5. The van der Waals surface area contributed by atoms with E-state index < -0.39 is 5.97 Å². The average molecular weight is 984 g/mol. The third kappa shape index (κ3) is 13.6. The van der Waals surface area contributed by atoms with Crippen LogP contribution in [0.25, 0.3) is 0 Å². The molecule has 65 heavy (non-hydrogen) atoms. The van der Waals surface area contributed by atoms with Gasteiger partial charge in [0.2, 0.25) is 11.8 Å². The lowest BCUT2D eigenvalue weighted by Crippen LogP contribution is -2.72. The fourth-order valence-electron chi connectivity index (χ4n) is 10.5. The summed E-state index contributed by atoms with van der Waals surface area (Å²) in [7, 11) is 0. The van der Waals surface area contributed by atoms with Crippen LogP contribution in [0.4, 0.5) is 0 Å². The van der Waals surface area contributed by atoms with Crippen molar-refractivity contribution in [3.05, 3.63) is 67.6 Å². The number of Topliss-reactive ketones (excluding diaryl/α,β-unsaturated/α-hetero) is 1. The Balaban J connectivity index is 0.000000204. The molecule has 2 amide bonds. The Morgan fingerprint density at radius 2 is 1.00 bits per heavy atom. The molecule has 0 saturated carbocycles. The first-order valence-corrected chi connectivity index (χ1v) is 24.9. The van der Waals surface area contributed by atoms with Gasteiger partial charge < -0.3 is 30.1 Å². The number of likely N-dealkylation sites (tertiary alicyclic amines) is 2. The van der Waals surface area contributed by atoms with Gasteiger partial charge in [-0.3, -0.25) is 38.8 Å². The van der Waals surface area contributed by atoms with Crippen molar-refractivity contribution in [3.8, 4) is 0 Å². The summed E-state index contributed by atoms with van der Waals surface area (Å²) in [5.41, 5.74) is 6.54. The van der Waals surface area contributed by atoms with Gasteiger partial charge in [0.15, 0.2) is 0 Å². The molecule has 3 N–H and O–H groups in total. The van der Waals surface area contributed by atoms with Crippen molar-refractivity contribution in [2.75, 3.05) is 98.4 Å². The van der Waals surface area contributed by atoms with Gasteiger partial charge in [-0.05, 0) is 100 Å². The zero-order valence-corrected chi connectivity index (χ0v) is 40.9. The largest absolute Gasteiger partial charge is 0.480 e. The minimum absolute atomic E-state index is 0.0281. The van der Waals surface area contributed by atoms with E-state index in [1.165, 1.54) is 12.8 Å². The van der Waals surface area contributed by atoms with Gasteiger partial charge in [-0.15, -0.1) is 0 Å². The zero-order valence-electron chi connectivity index (χ0n) is 37.9. The molecule has 0 unspecified atom stereocenters. The number of carboxylic acid groups (broad SMARTS) is 1. The Labute approximate surface area is 404 Å². The van der Waals surface area contributed by atoms with Gasteiger partial charge in [-0.25, -0.2) is 0 Å². The number of carboxylic acids is 1. The maximum atomic E-state index is 13.5. The van der Waals surface area contributed by atoms with E-state index in [4.69, 9.17) is 61.6 Å². The monoisotopic (exact) mass is 981 g/mol. The third-order valence-electron chi connectivity index (χ3n) is 13.4. The highest BCUT2D eigenvalue weighted by Crippen LogP contribution is 2.33. The number of ketones is 1. The number of nitrogens with two attached hydrogens (primary N) is 1. The predicted molar refractivity (Wildman–Crippen MR) is 255 cm³/mol. The van der Waals surface area contributed by atoms with Crippen LogP contribution in [0, 0.1) is 0 Å². The van der Waals surface area contributed by atoms with E-state index in [1.807, 2.05) is 35.8 Å². The molecule has 0 spiro atoms. The van der Waals surface area contributed by atoms with E-state index in [-0.39, 0.29) is 66.8 Å². The smallest absolute Gasteiger partial charge is 0.317 e. The second-order valence-electron chi connectivity index (χ2n) is 17.9. The molecule has 0 aliphatic carbocycles. The first-order chi connectivity index (χ1) is 31.3. The molecule has 6 heterocycles. The normalized spacial score (nSPS) is 26.3. The van der Waals surface area contributed by atoms with Crippen LogP contribution in [0.15, 0.2) is 36.4 Å². The van der Waals surface area contributed by atoms with Crippen LogP contribution in [-0.2, 0) is 41.5 Å². The topological polar surface area (TPSA) is 152 Å². The first kappa shape index (κ1) is 51.8. The van der Waals surface area contributed by atoms with E-state index in [9.17, 15) is 24.3 Å². The highest BCUT2D eigenvalue weighted by Gasteiger charge is 2.49. The molecule has 6 atom stereocenters. The Morgan fingerprint density at radius 3 is 1.38 bits per heavy atom. The summed E-state index contributed by atoms with van der Waals surface area (Å²) >= 11 is 24.4. The van der Waals surface area contributed by atoms with Gasteiger partial charge in [0.1, 0.15) is 5.78 Å². The van der Waals surface area contributed by atoms with Crippen molar-refractivity contribution in [1.29, 1.82) is 0 Å². The van der Waals surface area contributed by atoms with Crippen LogP contribution < -0.4 is 5.73 Å². The van der Waals surface area contributed by atoms with Gasteiger partial charge in [-0.2, -0.15) is 0 Å². The number of benzene rings is 2. The number of halogens is 4. The highest BCUT2D eigenvalue weighted by molar-refractivity contribution is 6.42. The van der Waals surface area contributed by atoms with Gasteiger partial charge >= 0.3 is 5.97 Å². The number of hydrogen-bond donors (Lipinski definition) is 2. The second-order valence-corrected chi connectivity index (χ2v) is 19.5. The van der Waals surface area contributed by atoms with Crippen molar-refractivity contribution >= 4 is 70.0 Å². The molecule has 6 saturated heterocycles. The molecule has 8 rings (SSSR count). The number of fused-ring (bicyclic) bond motifs is 2. The molecule has 2 aromatic carbocycles. The maximum absolute atomic E-state index is 13.5. The van der Waals surface area contributed by atoms with E-state index in [1.54, 1.807) is 24.3 Å². The second kappa shape index (κ2) is 25.1. The van der Waals surface area contributed by atoms with E-state index in [0.29, 0.717) is 92.1 Å². The molecule has 2 aromatic rings. The molecular weight excluding hydrogens is 916 g/mol. The summed E-state index contributed by atoms with van der Waals surface area (Å²) in [6, 6.07) is 10.8. The fourth-order valence-corrected chi connectivity index (χ4v) is 11.1. The van der Waals surface area contributed by atoms with E-state index >= 15 is 0 Å². The summed E-state index contributed by atoms with van der Waals surface area (Å²) in [6.07, 6.45) is 6.66. The number of nitrogens with zero attached hydrogens (tertiary/aromatic N) is 6. The Bertz CT molecular complexity index is 1920. The number of ether oxygens (including phenoxy) is 2. The van der Waals surface area contributed by atoms with E-state index in [2.05, 4.69) is 19.6 Å². The predicted octanol–water partition coefficient (Wildman–Crippen LogP) is 5.24. The van der Waals surface area contributed by atoms with Crippen LogP contribution in [-0.4, -0.2) is 193 Å². The van der Waals surface area contributed by atoms with Gasteiger partial charge in [0.05, 0.1) is 109 Å². The Hall–Kier alpha value is -2.60. The summed E-state index contributed by atoms with van der Waals surface area (Å²) in [6.45, 7) is 13.7. The standard InChI is InChI=1S/C24H33Cl2N3O3.C21H27Cl2N3O4.C2H7N/c1-2-5-18(30)14-28-10-11-29(23(31)13-17-6-7-19(25)20(26)12-17)24-21(15-32-16-22(24)28)27-8-3-4-9-27;22-15-4-3-14(9-16(15)23)10-19(27)26-8-7-25(11-20(28)29)18-13-30-12-17(21(18)26)24-5-1-2-6-24;1-2-3/h6-7,12,21-22,24H,2-5,8-11,13-16H2,1H3;3-4,9,17-18,21H,1-2,5-8,10-13H2,(H,28,29);2-3H2,1H3/t21-,22+,24+;17-,18+,21+;/m00./s1. The first-order valence-electron chi connectivity index (χ1n) is 23.3. The van der Waals surface area contributed by atoms with Crippen molar-refractivity contribution in [2.24, 2.45) is 5.73 Å². The summed E-state index contributed by atoms with van der Waals surface area (Å²) in [4.78, 5) is 63.8. The number of hydrogen-bond acceptors (Lipinski definition) is 11. The van der Waals surface area contributed by atoms with Crippen LogP contribution >= 0.6 is 46.4 Å². The van der Waals surface area contributed by atoms with Gasteiger partial charge in [-0.1, -0.05) is 72.4 Å². The van der Waals surface area contributed by atoms with Crippen molar-refractivity contribution < 1.29 is 33.8 Å². The maximum Gasteiger partial charge on any atom is 0.317 e. The molecule has 6 aliphatic heterocycles. The molecule has 360 valence electrons. The average Bonchev–Trinajstić information content (AvgIpc) is 4.03. The fraction of sp³-hybridized carbons (Fsp3) is 0.660. The third-order valence-corrected chi connectivity index (χ3v) is 14.9. The molecule has 0 radical (unpaired) electrons. The SMILES string of the molecule is CCCC(=O)CN1CCN(C(=O)Cc2ccc(Cl)c(Cl)c2)[C@H]2[C@H]1COC[C@@H]2N1CCCC1.CCN.O=C(O)CN1CCN(C(=O)Cc2ccc(Cl)c(Cl)c2)[C@H]2[C@H]1COC[C@@H]2N1CCCC1. The molecular formula is C47H67Cl4N7O7. The lowest BCUT2D eigenvalue weighted by atomic mass is 9.90. The van der Waals surface area contributed by atoms with Crippen molar-refractivity contribution in [2.45, 2.75) is 101 Å². The lowest BCUT2D eigenvalue weighted by molar-refractivity contribution is -0.157. The zero-order chi connectivity index (χ0) is 46.6. The summed E-state index contributed by atoms with van der Waals surface area (Å²) < 4.78 is 12.0. The van der Waals surface area contributed by atoms with Gasteiger partial charge in [0.25, 0.3) is 0 Å². The molecule has 18 heteroatoms. The molecule has 0 bridgehead atoms. The molecule has 6 aliphatic rings. The number of carbonyl (C=O) groups is 4. The number of piperazine rings is 2. The molecule has 6 fully saturated rings. The Morgan fingerprint density at radius 1 is 0.600 bits per heavy atom. The summed E-state index contributed by atoms with van der Waals surface area (Å²) in [5, 5.41) is 11.2. The molecule has 0 aromatic heterocycles. The minimum atomic E-state index is -0.854. The van der Waals surface area contributed by atoms with Crippen LogP contribution in [0.2, 0.25) is 20.1 Å². The van der Waals surface area contributed by atoms with E-state index in [0.717, 1.165) is 63.1 Å². The number of rotatable bonds is 12. The van der Waals surface area contributed by atoms with Gasteiger partial charge in [0, 0.05) is 32.6 Å². The van der Waals surface area contributed by atoms with Crippen LogP contribution in [0.1, 0.15) is 63.5 Å². The number of aliphatic carboxylic acids is 1. The Kier molecular flexibility index (Phi) is 20.0. The van der Waals surface area contributed by atoms with Crippen molar-refractivity contribution in [1.82, 2.24) is 29.4 Å². The quantitative estimate of drug-likeness (QED) is 0.286.